The summed E-state index contributed by atoms with van der Waals surface area (Å²) in [6.07, 6.45) is 3.51. The number of nitrogens with one attached hydrogen (secondary N) is 1. The Bertz CT molecular complexity index is 956. The van der Waals surface area contributed by atoms with E-state index in [0.717, 1.165) is 11.3 Å². The molecule has 0 radical (unpaired) electrons. The topological polar surface area (TPSA) is 69.0 Å². The Labute approximate surface area is 160 Å². The van der Waals surface area contributed by atoms with Gasteiger partial charge in [-0.3, -0.25) is 4.79 Å². The maximum atomic E-state index is 12.4. The molecule has 0 aliphatic heterocycles. The predicted octanol–water partition coefficient (Wildman–Crippen LogP) is 3.82. The Morgan fingerprint density at radius 3 is 2.73 bits per heavy atom. The van der Waals surface area contributed by atoms with Crippen LogP contribution in [-0.2, 0) is 6.54 Å². The van der Waals surface area contributed by atoms with Gasteiger partial charge in [-0.25, -0.2) is 9.97 Å². The quantitative estimate of drug-likeness (QED) is 0.718. The van der Waals surface area contributed by atoms with Crippen molar-refractivity contribution < 1.29 is 9.53 Å². The number of aromatic nitrogens is 3. The number of nitrogens with zero attached hydrogens (tertiary/aromatic N) is 3. The van der Waals surface area contributed by atoms with Gasteiger partial charge in [0.2, 0.25) is 5.88 Å². The van der Waals surface area contributed by atoms with Crippen LogP contribution in [0.4, 0.5) is 0 Å². The van der Waals surface area contributed by atoms with Crippen LogP contribution in [0.3, 0.4) is 0 Å². The van der Waals surface area contributed by atoms with Gasteiger partial charge in [-0.2, -0.15) is 0 Å². The summed E-state index contributed by atoms with van der Waals surface area (Å²) >= 11 is 12.0. The minimum Gasteiger partial charge on any atom is -0.479 e. The molecule has 1 amide bonds. The fourth-order valence-electron chi connectivity index (χ4n) is 2.39. The standard InChI is InChI=1S/C18H16Cl2N4O2/c1-11-9-24(10-22-11)16-6-5-15(23-18(16)26-2)17(25)21-8-12-3-4-13(19)7-14(12)20/h3-7,9-10H,8H2,1-2H3,(H,21,25). The van der Waals surface area contributed by atoms with Crippen LogP contribution in [0.25, 0.3) is 5.69 Å². The van der Waals surface area contributed by atoms with E-state index in [1.165, 1.54) is 7.11 Å². The van der Waals surface area contributed by atoms with Crippen LogP contribution in [0.15, 0.2) is 42.9 Å². The molecule has 0 unspecified atom stereocenters. The molecule has 0 saturated carbocycles. The van der Waals surface area contributed by atoms with Gasteiger partial charge < -0.3 is 14.6 Å². The molecule has 1 aromatic carbocycles. The van der Waals surface area contributed by atoms with Crippen molar-refractivity contribution in [1.82, 2.24) is 19.9 Å². The third-order valence-electron chi connectivity index (χ3n) is 3.71. The number of amides is 1. The monoisotopic (exact) mass is 390 g/mol. The SMILES string of the molecule is COc1nc(C(=O)NCc2ccc(Cl)cc2Cl)ccc1-n1cnc(C)c1. The molecular weight excluding hydrogens is 375 g/mol. The lowest BCUT2D eigenvalue weighted by Gasteiger charge is -2.11. The molecular formula is C18H16Cl2N4O2. The van der Waals surface area contributed by atoms with E-state index in [1.807, 2.05) is 13.1 Å². The van der Waals surface area contributed by atoms with E-state index in [-0.39, 0.29) is 18.1 Å². The highest BCUT2D eigenvalue weighted by Crippen LogP contribution is 2.22. The summed E-state index contributed by atoms with van der Waals surface area (Å²) in [5.74, 6) is 0.00209. The number of ether oxygens (including phenoxy) is 1. The van der Waals surface area contributed by atoms with E-state index in [9.17, 15) is 4.79 Å². The smallest absolute Gasteiger partial charge is 0.270 e. The van der Waals surface area contributed by atoms with Crippen molar-refractivity contribution in [3.63, 3.8) is 0 Å². The van der Waals surface area contributed by atoms with Crippen LogP contribution in [0.2, 0.25) is 10.0 Å². The molecule has 0 bridgehead atoms. The maximum Gasteiger partial charge on any atom is 0.270 e. The number of halogens is 2. The first kappa shape index (κ1) is 18.2. The largest absolute Gasteiger partial charge is 0.479 e. The maximum absolute atomic E-state index is 12.4. The lowest BCUT2D eigenvalue weighted by atomic mass is 10.2. The predicted molar refractivity (Wildman–Crippen MR) is 100 cm³/mol. The second-order valence-electron chi connectivity index (χ2n) is 5.57. The first-order chi connectivity index (χ1) is 12.5. The lowest BCUT2D eigenvalue weighted by molar-refractivity contribution is 0.0945. The van der Waals surface area contributed by atoms with Crippen LogP contribution in [0.5, 0.6) is 5.88 Å². The van der Waals surface area contributed by atoms with E-state index >= 15 is 0 Å². The molecule has 26 heavy (non-hydrogen) atoms. The number of methoxy groups -OCH3 is 1. The molecule has 0 saturated heterocycles. The van der Waals surface area contributed by atoms with Crippen molar-refractivity contribution in [3.05, 3.63) is 69.9 Å². The number of hydrogen-bond donors (Lipinski definition) is 1. The average molecular weight is 391 g/mol. The van der Waals surface area contributed by atoms with E-state index in [1.54, 1.807) is 41.2 Å². The van der Waals surface area contributed by atoms with Crippen LogP contribution < -0.4 is 10.1 Å². The minimum atomic E-state index is -0.331. The number of benzene rings is 1. The van der Waals surface area contributed by atoms with E-state index in [4.69, 9.17) is 27.9 Å². The van der Waals surface area contributed by atoms with Crippen molar-refractivity contribution in [2.45, 2.75) is 13.5 Å². The van der Waals surface area contributed by atoms with Crippen molar-refractivity contribution >= 4 is 29.1 Å². The van der Waals surface area contributed by atoms with Gasteiger partial charge in [-0.15, -0.1) is 0 Å². The Hall–Kier alpha value is -2.57. The summed E-state index contributed by atoms with van der Waals surface area (Å²) in [4.78, 5) is 20.9. The van der Waals surface area contributed by atoms with Crippen molar-refractivity contribution in [2.75, 3.05) is 7.11 Å². The molecule has 8 heteroatoms. The van der Waals surface area contributed by atoms with Gasteiger partial charge in [-0.1, -0.05) is 29.3 Å². The van der Waals surface area contributed by atoms with Gasteiger partial charge in [0.25, 0.3) is 5.91 Å². The molecule has 2 heterocycles. The highest BCUT2D eigenvalue weighted by molar-refractivity contribution is 6.35. The van der Waals surface area contributed by atoms with Crippen molar-refractivity contribution in [1.29, 1.82) is 0 Å². The Balaban J connectivity index is 1.77. The third kappa shape index (κ3) is 3.98. The lowest BCUT2D eigenvalue weighted by Crippen LogP contribution is -2.24. The molecule has 0 aliphatic carbocycles. The molecule has 0 fully saturated rings. The zero-order valence-corrected chi connectivity index (χ0v) is 15.7. The third-order valence-corrected chi connectivity index (χ3v) is 4.30. The fourth-order valence-corrected chi connectivity index (χ4v) is 2.87. The van der Waals surface area contributed by atoms with Gasteiger partial charge in [0, 0.05) is 22.8 Å². The number of imidazole rings is 1. The first-order valence-corrected chi connectivity index (χ1v) is 8.51. The average Bonchev–Trinajstić information content (AvgIpc) is 3.06. The van der Waals surface area contributed by atoms with Crippen LogP contribution in [0.1, 0.15) is 21.7 Å². The van der Waals surface area contributed by atoms with Gasteiger partial charge in [0.15, 0.2) is 0 Å². The molecule has 3 rings (SSSR count). The summed E-state index contributed by atoms with van der Waals surface area (Å²) in [7, 11) is 1.50. The number of carbonyl (C=O) groups excluding carboxylic acids is 1. The summed E-state index contributed by atoms with van der Waals surface area (Å²) in [6, 6.07) is 8.51. The summed E-state index contributed by atoms with van der Waals surface area (Å²) in [5, 5.41) is 3.82. The second kappa shape index (κ2) is 7.76. The molecule has 6 nitrogen and oxygen atoms in total. The Morgan fingerprint density at radius 2 is 2.08 bits per heavy atom. The van der Waals surface area contributed by atoms with E-state index in [2.05, 4.69) is 15.3 Å². The second-order valence-corrected chi connectivity index (χ2v) is 6.41. The molecule has 0 aliphatic rings. The summed E-state index contributed by atoms with van der Waals surface area (Å²) in [6.45, 7) is 2.15. The zero-order valence-electron chi connectivity index (χ0n) is 14.2. The molecule has 3 aromatic rings. The van der Waals surface area contributed by atoms with Crippen molar-refractivity contribution in [3.8, 4) is 11.6 Å². The molecule has 2 aromatic heterocycles. The minimum absolute atomic E-state index is 0.243. The summed E-state index contributed by atoms with van der Waals surface area (Å²) < 4.78 is 7.11. The van der Waals surface area contributed by atoms with Crippen LogP contribution in [-0.4, -0.2) is 27.6 Å². The van der Waals surface area contributed by atoms with E-state index in [0.29, 0.717) is 21.6 Å². The Kier molecular flexibility index (Phi) is 5.44. The number of rotatable bonds is 5. The normalized spacial score (nSPS) is 10.6. The zero-order chi connectivity index (χ0) is 18.7. The van der Waals surface area contributed by atoms with Crippen molar-refractivity contribution in [2.24, 2.45) is 0 Å². The molecule has 1 N–H and O–H groups in total. The van der Waals surface area contributed by atoms with Crippen LogP contribution in [0, 0.1) is 6.92 Å². The van der Waals surface area contributed by atoms with Gasteiger partial charge >= 0.3 is 0 Å². The number of pyridine rings is 1. The highest BCUT2D eigenvalue weighted by Gasteiger charge is 2.14. The van der Waals surface area contributed by atoms with Gasteiger partial charge in [0.1, 0.15) is 11.4 Å². The van der Waals surface area contributed by atoms with Crippen LogP contribution >= 0.6 is 23.2 Å². The molecule has 0 spiro atoms. The first-order valence-electron chi connectivity index (χ1n) is 7.76. The number of hydrogen-bond acceptors (Lipinski definition) is 4. The molecule has 134 valence electrons. The Morgan fingerprint density at radius 1 is 1.27 bits per heavy atom. The molecule has 0 atom stereocenters. The number of carbonyl (C=O) groups is 1. The van der Waals surface area contributed by atoms with Gasteiger partial charge in [0.05, 0.1) is 19.1 Å². The number of aryl methyl sites for hydroxylation is 1. The van der Waals surface area contributed by atoms with Gasteiger partial charge in [-0.05, 0) is 36.8 Å². The highest BCUT2D eigenvalue weighted by atomic mass is 35.5. The summed E-state index contributed by atoms with van der Waals surface area (Å²) in [5.41, 5.74) is 2.58. The van der Waals surface area contributed by atoms with E-state index < -0.39 is 0 Å². The fraction of sp³-hybridized carbons (Fsp3) is 0.167.